The van der Waals surface area contributed by atoms with Gasteiger partial charge in [0.2, 0.25) is 10.0 Å². The normalized spacial score (nSPS) is 25.4. The van der Waals surface area contributed by atoms with Crippen molar-refractivity contribution in [3.8, 4) is 0 Å². The molecule has 7 heteroatoms. The maximum atomic E-state index is 12.2. The molecule has 3 rings (SSSR count). The Bertz CT molecular complexity index is 554. The number of sulfonamides is 1. The van der Waals surface area contributed by atoms with Crippen LogP contribution in [-0.2, 0) is 26.0 Å². The van der Waals surface area contributed by atoms with Crippen molar-refractivity contribution in [2.75, 3.05) is 25.6 Å². The zero-order chi connectivity index (χ0) is 15.5. The highest BCUT2D eigenvalue weighted by Gasteiger charge is 2.38. The molecule has 0 bridgehead atoms. The molecule has 0 aliphatic carbocycles. The van der Waals surface area contributed by atoms with Crippen LogP contribution in [0.2, 0.25) is 0 Å². The van der Waals surface area contributed by atoms with Gasteiger partial charge in [0.25, 0.3) is 0 Å². The Hall–Kier alpha value is -0.470. The van der Waals surface area contributed by atoms with Crippen molar-refractivity contribution in [1.82, 2.24) is 4.72 Å². The number of hydrogen-bond donors (Lipinski definition) is 1. The summed E-state index contributed by atoms with van der Waals surface area (Å²) in [5.74, 6) is 0.0592. The van der Waals surface area contributed by atoms with Gasteiger partial charge in [0.1, 0.15) is 0 Å². The van der Waals surface area contributed by atoms with E-state index >= 15 is 0 Å². The Kier molecular flexibility index (Phi) is 5.19. The lowest BCUT2D eigenvalue weighted by Gasteiger charge is -2.42. The molecule has 2 aliphatic rings. The molecule has 1 aromatic heterocycles. The van der Waals surface area contributed by atoms with Gasteiger partial charge in [0, 0.05) is 19.8 Å². The van der Waals surface area contributed by atoms with Crippen LogP contribution in [0.25, 0.3) is 0 Å². The summed E-state index contributed by atoms with van der Waals surface area (Å²) < 4.78 is 38.2. The van der Waals surface area contributed by atoms with Gasteiger partial charge in [0.05, 0.1) is 18.5 Å². The van der Waals surface area contributed by atoms with E-state index in [2.05, 4.69) is 4.72 Å². The molecular formula is C15H23NO4S2. The minimum Gasteiger partial charge on any atom is -0.381 e. The van der Waals surface area contributed by atoms with Crippen molar-refractivity contribution in [2.45, 2.75) is 38.3 Å². The lowest BCUT2D eigenvalue weighted by atomic mass is 9.75. The quantitative estimate of drug-likeness (QED) is 0.888. The van der Waals surface area contributed by atoms with E-state index in [1.54, 1.807) is 11.3 Å². The van der Waals surface area contributed by atoms with Crippen LogP contribution >= 0.6 is 11.3 Å². The number of hydrogen-bond acceptors (Lipinski definition) is 5. The summed E-state index contributed by atoms with van der Waals surface area (Å²) in [7, 11) is -3.29. The van der Waals surface area contributed by atoms with Crippen molar-refractivity contribution in [2.24, 2.45) is 5.41 Å². The summed E-state index contributed by atoms with van der Waals surface area (Å²) in [5, 5.41) is 3.90. The molecule has 124 valence electrons. The Morgan fingerprint density at radius 2 is 2.14 bits per heavy atom. The monoisotopic (exact) mass is 345 g/mol. The Labute approximate surface area is 136 Å². The number of nitrogens with one attached hydrogen (secondary N) is 1. The predicted molar refractivity (Wildman–Crippen MR) is 86.4 cm³/mol. The van der Waals surface area contributed by atoms with E-state index in [4.69, 9.17) is 9.47 Å². The van der Waals surface area contributed by atoms with E-state index < -0.39 is 10.0 Å². The molecule has 0 aromatic carbocycles. The summed E-state index contributed by atoms with van der Waals surface area (Å²) in [6.45, 7) is 2.63. The highest BCUT2D eigenvalue weighted by molar-refractivity contribution is 7.89. The first-order chi connectivity index (χ1) is 10.6. The molecule has 0 saturated carbocycles. The maximum Gasteiger partial charge on any atom is 0.214 e. The average molecular weight is 345 g/mol. The topological polar surface area (TPSA) is 64.6 Å². The highest BCUT2D eigenvalue weighted by atomic mass is 32.2. The first-order valence-corrected chi connectivity index (χ1v) is 10.3. The van der Waals surface area contributed by atoms with E-state index in [0.29, 0.717) is 13.2 Å². The summed E-state index contributed by atoms with van der Waals surface area (Å²) >= 11 is 1.57. The third-order valence-corrected chi connectivity index (χ3v) is 6.78. The fourth-order valence-electron chi connectivity index (χ4n) is 3.14. The molecule has 1 unspecified atom stereocenters. The van der Waals surface area contributed by atoms with Gasteiger partial charge < -0.3 is 9.47 Å². The third-order valence-electron chi connectivity index (χ3n) is 4.66. The SMILES string of the molecule is O=S(=O)(CC1CCC2(CCOCC2)CO1)NCc1ccsc1. The van der Waals surface area contributed by atoms with E-state index in [0.717, 1.165) is 44.5 Å². The van der Waals surface area contributed by atoms with Gasteiger partial charge in [-0.15, -0.1) is 0 Å². The fourth-order valence-corrected chi connectivity index (χ4v) is 5.06. The molecule has 1 atom stereocenters. The van der Waals surface area contributed by atoms with Crippen molar-refractivity contribution in [1.29, 1.82) is 0 Å². The molecule has 1 spiro atoms. The Morgan fingerprint density at radius 1 is 1.32 bits per heavy atom. The van der Waals surface area contributed by atoms with E-state index in [9.17, 15) is 8.42 Å². The van der Waals surface area contributed by atoms with E-state index in [-0.39, 0.29) is 17.3 Å². The van der Waals surface area contributed by atoms with Gasteiger partial charge in [-0.2, -0.15) is 11.3 Å². The highest BCUT2D eigenvalue weighted by Crippen LogP contribution is 2.39. The maximum absolute atomic E-state index is 12.2. The van der Waals surface area contributed by atoms with Gasteiger partial charge in [0.15, 0.2) is 0 Å². The van der Waals surface area contributed by atoms with Crippen molar-refractivity contribution < 1.29 is 17.9 Å². The van der Waals surface area contributed by atoms with Crippen LogP contribution in [0.1, 0.15) is 31.2 Å². The standard InChI is InChI=1S/C15H23NO4S2/c17-22(18,16-9-13-2-8-21-10-13)11-14-1-3-15(12-20-14)4-6-19-7-5-15/h2,8,10,14,16H,1,3-7,9,11-12H2. The second-order valence-corrected chi connectivity index (χ2v) is 8.95. The lowest BCUT2D eigenvalue weighted by Crippen LogP contribution is -2.43. The molecule has 2 aliphatic heterocycles. The molecule has 2 saturated heterocycles. The Morgan fingerprint density at radius 3 is 2.77 bits per heavy atom. The minimum absolute atomic E-state index is 0.0592. The van der Waals surface area contributed by atoms with Crippen LogP contribution in [0.4, 0.5) is 0 Å². The second kappa shape index (κ2) is 6.97. The van der Waals surface area contributed by atoms with Crippen LogP contribution in [0.5, 0.6) is 0 Å². The first-order valence-electron chi connectivity index (χ1n) is 7.75. The van der Waals surface area contributed by atoms with Gasteiger partial charge >= 0.3 is 0 Å². The minimum atomic E-state index is -3.29. The van der Waals surface area contributed by atoms with Crippen LogP contribution < -0.4 is 4.72 Å². The van der Waals surface area contributed by atoms with Crippen molar-refractivity contribution >= 4 is 21.4 Å². The molecule has 0 amide bonds. The summed E-state index contributed by atoms with van der Waals surface area (Å²) in [5.41, 5.74) is 1.22. The molecule has 5 nitrogen and oxygen atoms in total. The van der Waals surface area contributed by atoms with Gasteiger partial charge in [-0.05, 0) is 53.5 Å². The predicted octanol–water partition coefficient (Wildman–Crippen LogP) is 2.14. The molecule has 1 N–H and O–H groups in total. The largest absolute Gasteiger partial charge is 0.381 e. The fraction of sp³-hybridized carbons (Fsp3) is 0.733. The molecule has 22 heavy (non-hydrogen) atoms. The van der Waals surface area contributed by atoms with Crippen molar-refractivity contribution in [3.05, 3.63) is 22.4 Å². The van der Waals surface area contributed by atoms with Crippen LogP contribution in [-0.4, -0.2) is 40.1 Å². The van der Waals surface area contributed by atoms with Gasteiger partial charge in [-0.25, -0.2) is 13.1 Å². The van der Waals surface area contributed by atoms with E-state index in [1.807, 2.05) is 16.8 Å². The average Bonchev–Trinajstić information content (AvgIpc) is 3.02. The van der Waals surface area contributed by atoms with Crippen molar-refractivity contribution in [3.63, 3.8) is 0 Å². The summed E-state index contributed by atoms with van der Waals surface area (Å²) in [6.07, 6.45) is 3.74. The zero-order valence-corrected chi connectivity index (χ0v) is 14.3. The van der Waals surface area contributed by atoms with E-state index in [1.165, 1.54) is 0 Å². The van der Waals surface area contributed by atoms with Gasteiger partial charge in [-0.3, -0.25) is 0 Å². The van der Waals surface area contributed by atoms with Gasteiger partial charge in [-0.1, -0.05) is 0 Å². The number of ether oxygens (including phenoxy) is 2. The zero-order valence-electron chi connectivity index (χ0n) is 12.6. The smallest absolute Gasteiger partial charge is 0.214 e. The van der Waals surface area contributed by atoms with Crippen LogP contribution in [0.15, 0.2) is 16.8 Å². The van der Waals surface area contributed by atoms with Crippen LogP contribution in [0, 0.1) is 5.41 Å². The second-order valence-electron chi connectivity index (χ2n) is 6.32. The Balaban J connectivity index is 1.47. The molecule has 2 fully saturated rings. The molecular weight excluding hydrogens is 322 g/mol. The number of thiophene rings is 1. The number of rotatable bonds is 5. The molecule has 3 heterocycles. The summed E-state index contributed by atoms with van der Waals surface area (Å²) in [4.78, 5) is 0. The first kappa shape index (κ1) is 16.4. The lowest BCUT2D eigenvalue weighted by molar-refractivity contribution is -0.0984. The molecule has 0 radical (unpaired) electrons. The molecule has 1 aromatic rings. The van der Waals surface area contributed by atoms with Crippen LogP contribution in [0.3, 0.4) is 0 Å². The third kappa shape index (κ3) is 4.29. The summed E-state index contributed by atoms with van der Waals surface area (Å²) in [6, 6.07) is 1.93.